The summed E-state index contributed by atoms with van der Waals surface area (Å²) < 4.78 is 2.02. The highest BCUT2D eigenvalue weighted by atomic mass is 15.1. The summed E-state index contributed by atoms with van der Waals surface area (Å²) in [5, 5.41) is 0. The molecule has 2 aromatic carbocycles. The van der Waals surface area contributed by atoms with Gasteiger partial charge in [-0.15, -0.1) is 0 Å². The second-order valence-electron chi connectivity index (χ2n) is 4.87. The molecule has 0 aliphatic rings. The Kier molecular flexibility index (Phi) is 2.75. The molecule has 0 saturated heterocycles. The Balaban J connectivity index is 1.91. The van der Waals surface area contributed by atoms with E-state index in [2.05, 4.69) is 52.4 Å². The van der Waals surface area contributed by atoms with Gasteiger partial charge in [0.15, 0.2) is 0 Å². The van der Waals surface area contributed by atoms with E-state index in [1.807, 2.05) is 35.2 Å². The minimum Gasteiger partial charge on any atom is -0.283 e. The lowest BCUT2D eigenvalue weighted by molar-refractivity contribution is 1.02. The fraction of sp³-hybridized carbons (Fsp3) is 0. The summed E-state index contributed by atoms with van der Waals surface area (Å²) in [5.41, 5.74) is 4.42. The first-order valence-electron chi connectivity index (χ1n) is 6.86. The van der Waals surface area contributed by atoms with Crippen LogP contribution in [-0.4, -0.2) is 14.5 Å². The Hall–Kier alpha value is -2.94. The first-order valence-corrected chi connectivity index (χ1v) is 6.86. The van der Waals surface area contributed by atoms with E-state index in [0.29, 0.717) is 0 Å². The summed E-state index contributed by atoms with van der Waals surface area (Å²) in [4.78, 5) is 8.85. The number of nitrogens with zero attached hydrogens (tertiary/aromatic N) is 3. The predicted octanol–water partition coefficient (Wildman–Crippen LogP) is 4.09. The van der Waals surface area contributed by atoms with E-state index in [4.69, 9.17) is 0 Å². The van der Waals surface area contributed by atoms with Crippen molar-refractivity contribution in [2.45, 2.75) is 0 Å². The lowest BCUT2D eigenvalue weighted by Gasteiger charge is -2.05. The zero-order valence-corrected chi connectivity index (χ0v) is 11.3. The van der Waals surface area contributed by atoms with E-state index < -0.39 is 0 Å². The van der Waals surface area contributed by atoms with E-state index >= 15 is 0 Å². The van der Waals surface area contributed by atoms with Gasteiger partial charge < -0.3 is 0 Å². The maximum Gasteiger partial charge on any atom is 0.138 e. The van der Waals surface area contributed by atoms with Crippen LogP contribution in [0, 0.1) is 0 Å². The van der Waals surface area contributed by atoms with Gasteiger partial charge in [0.2, 0.25) is 0 Å². The van der Waals surface area contributed by atoms with Gasteiger partial charge >= 0.3 is 0 Å². The average molecular weight is 271 g/mol. The zero-order valence-electron chi connectivity index (χ0n) is 11.3. The molecule has 2 aromatic heterocycles. The minimum atomic E-state index is 0.880. The number of fused-ring (bicyclic) bond motifs is 1. The number of imidazole rings is 1. The summed E-state index contributed by atoms with van der Waals surface area (Å²) in [6.07, 6.45) is 3.62. The van der Waals surface area contributed by atoms with Gasteiger partial charge in [0.25, 0.3) is 0 Å². The SMILES string of the molecule is c1ccc(-c2ccc3ncn(-c4ccccn4)c3c2)cc1. The molecule has 0 fully saturated rings. The highest BCUT2D eigenvalue weighted by Gasteiger charge is 2.07. The smallest absolute Gasteiger partial charge is 0.138 e. The van der Waals surface area contributed by atoms with E-state index in [0.717, 1.165) is 16.9 Å². The molecule has 0 bridgehead atoms. The first-order chi connectivity index (χ1) is 10.4. The topological polar surface area (TPSA) is 30.7 Å². The maximum absolute atomic E-state index is 4.45. The van der Waals surface area contributed by atoms with Crippen molar-refractivity contribution in [1.82, 2.24) is 14.5 Å². The third-order valence-corrected chi connectivity index (χ3v) is 3.55. The summed E-state index contributed by atoms with van der Waals surface area (Å²) in [6, 6.07) is 22.6. The molecule has 3 heteroatoms. The van der Waals surface area contributed by atoms with Gasteiger partial charge in [-0.3, -0.25) is 4.57 Å². The molecule has 2 heterocycles. The highest BCUT2D eigenvalue weighted by molar-refractivity contribution is 5.83. The van der Waals surface area contributed by atoms with Crippen LogP contribution in [0.3, 0.4) is 0 Å². The molecule has 3 nitrogen and oxygen atoms in total. The number of pyridine rings is 1. The van der Waals surface area contributed by atoms with Crippen LogP contribution in [-0.2, 0) is 0 Å². The Morgan fingerprint density at radius 2 is 1.57 bits per heavy atom. The van der Waals surface area contributed by atoms with Crippen LogP contribution in [0.5, 0.6) is 0 Å². The second-order valence-corrected chi connectivity index (χ2v) is 4.87. The predicted molar refractivity (Wildman–Crippen MR) is 84.3 cm³/mol. The van der Waals surface area contributed by atoms with Crippen molar-refractivity contribution in [3.05, 3.63) is 79.3 Å². The third-order valence-electron chi connectivity index (χ3n) is 3.55. The molecule has 0 N–H and O–H groups in total. The molecule has 0 amide bonds. The summed E-state index contributed by atoms with van der Waals surface area (Å²) >= 11 is 0. The van der Waals surface area contributed by atoms with Crippen LogP contribution < -0.4 is 0 Å². The molecular weight excluding hydrogens is 258 g/mol. The molecule has 0 radical (unpaired) electrons. The van der Waals surface area contributed by atoms with Gasteiger partial charge in [0, 0.05) is 6.20 Å². The quantitative estimate of drug-likeness (QED) is 0.550. The standard InChI is InChI=1S/C18H13N3/c1-2-6-14(7-3-1)15-9-10-16-17(12-15)21(13-20-16)18-8-4-5-11-19-18/h1-13H. The number of aromatic nitrogens is 3. The molecule has 0 unspecified atom stereocenters. The number of rotatable bonds is 2. The normalized spacial score (nSPS) is 10.9. The molecule has 21 heavy (non-hydrogen) atoms. The molecule has 0 atom stereocenters. The number of hydrogen-bond acceptors (Lipinski definition) is 2. The van der Waals surface area contributed by atoms with Crippen LogP contribution in [0.15, 0.2) is 79.3 Å². The zero-order chi connectivity index (χ0) is 14.1. The van der Waals surface area contributed by atoms with Crippen LogP contribution in [0.4, 0.5) is 0 Å². The number of hydrogen-bond donors (Lipinski definition) is 0. The fourth-order valence-electron chi connectivity index (χ4n) is 2.50. The van der Waals surface area contributed by atoms with Crippen molar-refractivity contribution in [1.29, 1.82) is 0 Å². The third kappa shape index (κ3) is 2.09. The van der Waals surface area contributed by atoms with Gasteiger partial charge in [-0.1, -0.05) is 42.5 Å². The summed E-state index contributed by atoms with van der Waals surface area (Å²) in [7, 11) is 0. The largest absolute Gasteiger partial charge is 0.283 e. The summed E-state index contributed by atoms with van der Waals surface area (Å²) in [6.45, 7) is 0. The highest BCUT2D eigenvalue weighted by Crippen LogP contribution is 2.25. The minimum absolute atomic E-state index is 0.880. The Morgan fingerprint density at radius 1 is 0.714 bits per heavy atom. The van der Waals surface area contributed by atoms with Crippen LogP contribution in [0.25, 0.3) is 28.0 Å². The van der Waals surface area contributed by atoms with Crippen molar-refractivity contribution in [2.75, 3.05) is 0 Å². The van der Waals surface area contributed by atoms with Gasteiger partial charge in [-0.2, -0.15) is 0 Å². The van der Waals surface area contributed by atoms with Gasteiger partial charge in [0.05, 0.1) is 11.0 Å². The van der Waals surface area contributed by atoms with Crippen molar-refractivity contribution < 1.29 is 0 Å². The lowest BCUT2D eigenvalue weighted by Crippen LogP contribution is -1.94. The van der Waals surface area contributed by atoms with E-state index in [1.165, 1.54) is 11.1 Å². The van der Waals surface area contributed by atoms with Crippen molar-refractivity contribution in [3.63, 3.8) is 0 Å². The van der Waals surface area contributed by atoms with Crippen LogP contribution in [0.1, 0.15) is 0 Å². The van der Waals surface area contributed by atoms with Crippen LogP contribution in [0.2, 0.25) is 0 Å². The monoisotopic (exact) mass is 271 g/mol. The van der Waals surface area contributed by atoms with Crippen molar-refractivity contribution in [2.24, 2.45) is 0 Å². The fourth-order valence-corrected chi connectivity index (χ4v) is 2.50. The van der Waals surface area contributed by atoms with Gasteiger partial charge in [-0.25, -0.2) is 9.97 Å². The molecule has 4 rings (SSSR count). The average Bonchev–Trinajstić information content (AvgIpc) is 2.99. The maximum atomic E-state index is 4.45. The molecule has 100 valence electrons. The first kappa shape index (κ1) is 11.9. The molecular formula is C18H13N3. The second kappa shape index (κ2) is 4.87. The van der Waals surface area contributed by atoms with Crippen LogP contribution >= 0.6 is 0 Å². The lowest BCUT2D eigenvalue weighted by atomic mass is 10.1. The van der Waals surface area contributed by atoms with E-state index in [-0.39, 0.29) is 0 Å². The summed E-state index contributed by atoms with van der Waals surface area (Å²) in [5.74, 6) is 0.880. The molecule has 4 aromatic rings. The van der Waals surface area contributed by atoms with Crippen molar-refractivity contribution in [3.8, 4) is 16.9 Å². The van der Waals surface area contributed by atoms with Gasteiger partial charge in [0.1, 0.15) is 12.1 Å². The Morgan fingerprint density at radius 3 is 2.38 bits per heavy atom. The molecule has 0 spiro atoms. The molecule has 0 saturated carbocycles. The van der Waals surface area contributed by atoms with Gasteiger partial charge in [-0.05, 0) is 35.4 Å². The molecule has 0 aliphatic heterocycles. The van der Waals surface area contributed by atoms with E-state index in [9.17, 15) is 0 Å². The Labute approximate surface area is 122 Å². The molecule has 0 aliphatic carbocycles. The van der Waals surface area contributed by atoms with Crippen molar-refractivity contribution >= 4 is 11.0 Å². The number of benzene rings is 2. The Bertz CT molecular complexity index is 880. The van der Waals surface area contributed by atoms with E-state index in [1.54, 1.807) is 6.20 Å².